The maximum Gasteiger partial charge on any atom is 0.116 e. The van der Waals surface area contributed by atoms with Crippen LogP contribution in [0.15, 0.2) is 48.2 Å². The van der Waals surface area contributed by atoms with E-state index in [1.165, 1.54) is 22.5 Å². The third-order valence-corrected chi connectivity index (χ3v) is 6.48. The molecule has 0 bridgehead atoms. The number of benzene rings is 2. The fourth-order valence-electron chi connectivity index (χ4n) is 4.21. The Labute approximate surface area is 192 Å². The maximum atomic E-state index is 6.36. The molecule has 2 saturated heterocycles. The average Bonchev–Trinajstić information content (AvgIpc) is 2.75. The van der Waals surface area contributed by atoms with Crippen LogP contribution in [-0.2, 0) is 10.2 Å². The topological polar surface area (TPSA) is 19.0 Å². The fraction of sp³-hybridized carbons (Fsp3) is 0.462. The lowest BCUT2D eigenvalue weighted by atomic mass is 9.87. The van der Waals surface area contributed by atoms with Gasteiger partial charge in [-0.2, -0.15) is 0 Å². The Morgan fingerprint density at radius 2 is 1.61 bits per heavy atom. The molecule has 2 aromatic carbocycles. The highest BCUT2D eigenvalue weighted by atomic mass is 35.5. The van der Waals surface area contributed by atoms with Crippen molar-refractivity contribution < 1.29 is 4.74 Å². The molecule has 4 nitrogen and oxygen atoms in total. The van der Waals surface area contributed by atoms with Crippen molar-refractivity contribution in [2.24, 2.45) is 0 Å². The highest BCUT2D eigenvalue weighted by molar-refractivity contribution is 6.31. The van der Waals surface area contributed by atoms with Gasteiger partial charge >= 0.3 is 0 Å². The van der Waals surface area contributed by atoms with Crippen molar-refractivity contribution in [3.8, 4) is 0 Å². The van der Waals surface area contributed by atoms with E-state index in [1.54, 1.807) is 0 Å². The molecular weight excluding hydrogens is 406 g/mol. The van der Waals surface area contributed by atoms with Gasteiger partial charge in [-0.25, -0.2) is 0 Å². The molecule has 0 radical (unpaired) electrons. The molecule has 0 saturated carbocycles. The van der Waals surface area contributed by atoms with Crippen LogP contribution in [0, 0.1) is 0 Å². The third-order valence-electron chi connectivity index (χ3n) is 6.25. The Hall–Kier alpha value is -2.17. The number of ether oxygens (including phenoxy) is 1. The van der Waals surface area contributed by atoms with Gasteiger partial charge < -0.3 is 19.4 Å². The summed E-state index contributed by atoms with van der Waals surface area (Å²) in [5.74, 6) is 1.00. The summed E-state index contributed by atoms with van der Waals surface area (Å²) in [4.78, 5) is 7.20. The molecule has 31 heavy (non-hydrogen) atoms. The Bertz CT molecular complexity index is 925. The zero-order valence-electron chi connectivity index (χ0n) is 19.2. The quantitative estimate of drug-likeness (QED) is 0.648. The zero-order valence-corrected chi connectivity index (χ0v) is 20.0. The summed E-state index contributed by atoms with van der Waals surface area (Å²) in [6.45, 7) is 13.3. The summed E-state index contributed by atoms with van der Waals surface area (Å²) in [6.07, 6.45) is 2.19. The van der Waals surface area contributed by atoms with Crippen LogP contribution in [-0.4, -0.2) is 57.8 Å². The van der Waals surface area contributed by atoms with E-state index in [0.29, 0.717) is 6.61 Å². The summed E-state index contributed by atoms with van der Waals surface area (Å²) < 4.78 is 6.06. The second-order valence-electron chi connectivity index (χ2n) is 9.67. The summed E-state index contributed by atoms with van der Waals surface area (Å²) >= 11 is 6.36. The van der Waals surface area contributed by atoms with Crippen LogP contribution in [0.5, 0.6) is 0 Å². The lowest BCUT2D eigenvalue weighted by molar-refractivity contribution is 0.195. The van der Waals surface area contributed by atoms with E-state index in [9.17, 15) is 0 Å². The molecule has 0 N–H and O–H groups in total. The van der Waals surface area contributed by atoms with Crippen LogP contribution >= 0.6 is 11.6 Å². The number of likely N-dealkylation sites (N-methyl/N-ethyl adjacent to an activating group) is 1. The molecule has 4 rings (SSSR count). The molecule has 0 amide bonds. The van der Waals surface area contributed by atoms with Gasteiger partial charge in [0.2, 0.25) is 0 Å². The van der Waals surface area contributed by atoms with E-state index in [4.69, 9.17) is 16.3 Å². The van der Waals surface area contributed by atoms with Gasteiger partial charge in [-0.3, -0.25) is 0 Å². The molecule has 2 aromatic rings. The van der Waals surface area contributed by atoms with E-state index in [0.717, 1.165) is 50.1 Å². The van der Waals surface area contributed by atoms with Crippen molar-refractivity contribution in [2.75, 3.05) is 62.7 Å². The summed E-state index contributed by atoms with van der Waals surface area (Å²) in [6, 6.07) is 15.1. The van der Waals surface area contributed by atoms with Gasteiger partial charge in [-0.05, 0) is 48.4 Å². The van der Waals surface area contributed by atoms with Crippen LogP contribution in [0.1, 0.15) is 31.9 Å². The number of hydrogen-bond donors (Lipinski definition) is 0. The number of nitrogens with zero attached hydrogens (tertiary/aromatic N) is 3. The number of hydrogen-bond acceptors (Lipinski definition) is 4. The second-order valence-corrected chi connectivity index (χ2v) is 10.1. The molecule has 2 aliphatic heterocycles. The average molecular weight is 440 g/mol. The first-order valence-electron chi connectivity index (χ1n) is 11.2. The number of halogens is 1. The van der Waals surface area contributed by atoms with Crippen molar-refractivity contribution in [3.63, 3.8) is 0 Å². The molecule has 166 valence electrons. The maximum absolute atomic E-state index is 6.36. The van der Waals surface area contributed by atoms with Gasteiger partial charge in [-0.15, -0.1) is 0 Å². The third kappa shape index (κ3) is 5.36. The molecule has 2 fully saturated rings. The normalized spacial score (nSPS) is 19.6. The van der Waals surface area contributed by atoms with Crippen LogP contribution in [0.3, 0.4) is 0 Å². The molecule has 0 unspecified atom stereocenters. The molecular formula is C26H34ClN3O. The second kappa shape index (κ2) is 9.13. The SMILES string of the molecule is CN1CCN(c2cc(Cl)ccc2C=C2CN(c3ccc(C(C)(C)C)cc3)CCO2)CC1. The monoisotopic (exact) mass is 439 g/mol. The van der Waals surface area contributed by atoms with Gasteiger partial charge in [0.1, 0.15) is 12.4 Å². The lowest BCUT2D eigenvalue weighted by Gasteiger charge is -2.35. The minimum Gasteiger partial charge on any atom is -0.494 e. The minimum atomic E-state index is 0.169. The molecule has 2 aliphatic rings. The first-order valence-corrected chi connectivity index (χ1v) is 11.6. The van der Waals surface area contributed by atoms with Gasteiger partial charge in [0.05, 0.1) is 13.1 Å². The molecule has 0 spiro atoms. The molecule has 0 aliphatic carbocycles. The van der Waals surface area contributed by atoms with Crippen LogP contribution in [0.25, 0.3) is 6.08 Å². The molecule has 0 aromatic heterocycles. The highest BCUT2D eigenvalue weighted by Crippen LogP contribution is 2.30. The number of piperazine rings is 1. The summed E-state index contributed by atoms with van der Waals surface area (Å²) in [5, 5.41) is 0.779. The van der Waals surface area contributed by atoms with Gasteiger partial charge in [0, 0.05) is 48.1 Å². The van der Waals surface area contributed by atoms with Crippen LogP contribution in [0.2, 0.25) is 5.02 Å². The van der Waals surface area contributed by atoms with Crippen molar-refractivity contribution in [2.45, 2.75) is 26.2 Å². The minimum absolute atomic E-state index is 0.169. The largest absolute Gasteiger partial charge is 0.494 e. The molecule has 2 heterocycles. The van der Waals surface area contributed by atoms with Crippen molar-refractivity contribution >= 4 is 29.1 Å². The van der Waals surface area contributed by atoms with E-state index in [2.05, 4.69) is 85.0 Å². The van der Waals surface area contributed by atoms with Crippen LogP contribution in [0.4, 0.5) is 11.4 Å². The Morgan fingerprint density at radius 3 is 2.29 bits per heavy atom. The van der Waals surface area contributed by atoms with Crippen molar-refractivity contribution in [1.82, 2.24) is 4.90 Å². The van der Waals surface area contributed by atoms with Gasteiger partial charge in [-0.1, -0.05) is 50.6 Å². The summed E-state index contributed by atoms with van der Waals surface area (Å²) in [5.41, 5.74) is 5.15. The molecule has 5 heteroatoms. The van der Waals surface area contributed by atoms with E-state index >= 15 is 0 Å². The Morgan fingerprint density at radius 1 is 0.903 bits per heavy atom. The van der Waals surface area contributed by atoms with Gasteiger partial charge in [0.25, 0.3) is 0 Å². The van der Waals surface area contributed by atoms with Gasteiger partial charge in [0.15, 0.2) is 0 Å². The number of rotatable bonds is 3. The van der Waals surface area contributed by atoms with Crippen molar-refractivity contribution in [3.05, 3.63) is 64.4 Å². The van der Waals surface area contributed by atoms with Crippen molar-refractivity contribution in [1.29, 1.82) is 0 Å². The Kier molecular flexibility index (Phi) is 6.49. The standard InChI is InChI=1S/C26H34ClN3O/c1-26(2,3)21-6-9-23(10-7-21)30-15-16-31-24(19-30)17-20-5-8-22(27)18-25(20)29-13-11-28(4)12-14-29/h5-10,17-18H,11-16,19H2,1-4H3. The zero-order chi connectivity index (χ0) is 22.0. The Balaban J connectivity index is 1.54. The smallest absolute Gasteiger partial charge is 0.116 e. The van der Waals surface area contributed by atoms with E-state index in [-0.39, 0.29) is 5.41 Å². The number of morpholine rings is 1. The predicted molar refractivity (Wildman–Crippen MR) is 132 cm³/mol. The number of anilines is 2. The lowest BCUT2D eigenvalue weighted by Crippen LogP contribution is -2.44. The van der Waals surface area contributed by atoms with E-state index in [1.807, 2.05) is 6.07 Å². The predicted octanol–water partition coefficient (Wildman–Crippen LogP) is 5.27. The molecule has 0 atom stereocenters. The fourth-order valence-corrected chi connectivity index (χ4v) is 4.38. The summed E-state index contributed by atoms with van der Waals surface area (Å²) in [7, 11) is 2.18. The van der Waals surface area contributed by atoms with Crippen LogP contribution < -0.4 is 9.80 Å². The first-order chi connectivity index (χ1) is 14.8. The highest BCUT2D eigenvalue weighted by Gasteiger charge is 2.20. The van der Waals surface area contributed by atoms with E-state index < -0.39 is 0 Å². The first kappa shape index (κ1) is 22.0.